The molecule has 0 bridgehead atoms. The molecular formula is C61H77Cl3N18O4S3. The maximum Gasteiger partial charge on any atom is 0.408 e. The number of piperidine rings is 3. The summed E-state index contributed by atoms with van der Waals surface area (Å²) in [5, 5.41) is 8.96. The van der Waals surface area contributed by atoms with E-state index in [0.29, 0.717) is 99.8 Å². The van der Waals surface area contributed by atoms with Gasteiger partial charge in [0.15, 0.2) is 17.5 Å². The number of methoxy groups -OCH3 is 1. The van der Waals surface area contributed by atoms with Crippen LogP contribution in [0, 0.1) is 0 Å². The number of nitrogens with one attached hydrogen (secondary N) is 2. The standard InChI is InChI=1S/C24H27ClN6O2S.C21H29ClN6O2S.C16H21ClN6S/c1-24(27)10-12-31(13-11-24)19-14-28-23(21(26)30-19)34-18-9-5-7-16(20(18)25)29-22(32)15-6-3-4-8-17(15)33-2;1-20(2,3)30-19(29)27-21(4)8-10-28(11-9-21)15-12-25-18(17(24)26-15)31-14-7-5-6-13(23)16(14)22;1-16(20)5-7-23(8-6-16)12-9-21-15(14(19)22-12)24-11-4-2-3-10(18)13(11)17/h3-9,14H,10-13,27H2,1-2H3,(H2,26,30)(H,29,32);5-7,12H,8-11,23H2,1-4H3,(H2,24,26)(H,27,29);2-4,9H,5-8,18,20H2,1H3,(H2,19,22). The van der Waals surface area contributed by atoms with Crippen molar-refractivity contribution in [3.63, 3.8) is 0 Å². The Labute approximate surface area is 547 Å². The molecule has 0 aliphatic carbocycles. The molecule has 0 saturated carbocycles. The van der Waals surface area contributed by atoms with E-state index < -0.39 is 11.7 Å². The molecule has 0 spiro atoms. The summed E-state index contributed by atoms with van der Waals surface area (Å²) in [7, 11) is 1.52. The Kier molecular flexibility index (Phi) is 22.3. The van der Waals surface area contributed by atoms with Gasteiger partial charge in [0.1, 0.15) is 43.9 Å². The molecule has 3 fully saturated rings. The second-order valence-electron chi connectivity index (χ2n) is 23.6. The van der Waals surface area contributed by atoms with Crippen LogP contribution in [0.25, 0.3) is 0 Å². The van der Waals surface area contributed by atoms with E-state index in [-0.39, 0.29) is 22.5 Å². The Bertz CT molecular complexity index is 3630. The second-order valence-corrected chi connectivity index (χ2v) is 27.8. The number of nitrogens with zero attached hydrogens (tertiary/aromatic N) is 9. The average Bonchev–Trinajstić information content (AvgIpc) is 3.69. The summed E-state index contributed by atoms with van der Waals surface area (Å²) >= 11 is 23.1. The number of benzene rings is 4. The molecule has 16 N–H and O–H groups in total. The second kappa shape index (κ2) is 29.2. The van der Waals surface area contributed by atoms with E-state index in [1.54, 1.807) is 61.1 Å². The quantitative estimate of drug-likeness (QED) is 0.0484. The highest BCUT2D eigenvalue weighted by molar-refractivity contribution is 8.00. The molecule has 474 valence electrons. The largest absolute Gasteiger partial charge is 0.496 e. The first-order valence-corrected chi connectivity index (χ1v) is 32.2. The molecule has 2 amide bonds. The van der Waals surface area contributed by atoms with Gasteiger partial charge in [0.25, 0.3) is 5.91 Å². The lowest BCUT2D eigenvalue weighted by atomic mass is 9.90. The first-order chi connectivity index (χ1) is 42.1. The number of carbonyl (C=O) groups excluding carboxylic acids is 2. The van der Waals surface area contributed by atoms with Gasteiger partial charge in [-0.2, -0.15) is 0 Å². The van der Waals surface area contributed by atoms with Crippen molar-refractivity contribution in [2.45, 2.75) is 132 Å². The average molecular weight is 1330 g/mol. The van der Waals surface area contributed by atoms with Gasteiger partial charge < -0.3 is 74.9 Å². The minimum atomic E-state index is -0.524. The van der Waals surface area contributed by atoms with Crippen molar-refractivity contribution in [3.8, 4) is 5.75 Å². The lowest BCUT2D eigenvalue weighted by molar-refractivity contribution is 0.0448. The lowest BCUT2D eigenvalue weighted by Crippen LogP contribution is -2.54. The Morgan fingerprint density at radius 1 is 0.551 bits per heavy atom. The lowest BCUT2D eigenvalue weighted by Gasteiger charge is -2.40. The van der Waals surface area contributed by atoms with E-state index in [4.69, 9.17) is 84.4 Å². The van der Waals surface area contributed by atoms with Gasteiger partial charge in [0.2, 0.25) is 0 Å². The fourth-order valence-corrected chi connectivity index (χ4v) is 12.7. The summed E-state index contributed by atoms with van der Waals surface area (Å²) in [5.74, 6) is 3.43. The van der Waals surface area contributed by atoms with Gasteiger partial charge in [-0.25, -0.2) is 34.7 Å². The molecule has 22 nitrogen and oxygen atoms in total. The highest BCUT2D eigenvalue weighted by Gasteiger charge is 2.34. The molecule has 3 aromatic heterocycles. The predicted octanol–water partition coefficient (Wildman–Crippen LogP) is 11.5. The van der Waals surface area contributed by atoms with Crippen LogP contribution in [0.3, 0.4) is 0 Å². The molecule has 0 unspecified atom stereocenters. The van der Waals surface area contributed by atoms with Gasteiger partial charge in [-0.15, -0.1) is 0 Å². The number of anilines is 9. The minimum Gasteiger partial charge on any atom is -0.496 e. The van der Waals surface area contributed by atoms with Gasteiger partial charge in [-0.05, 0) is 129 Å². The summed E-state index contributed by atoms with van der Waals surface area (Å²) in [6, 6.07) is 23.3. The molecule has 3 aliphatic heterocycles. The third kappa shape index (κ3) is 18.5. The number of alkyl carbamates (subject to hydrolysis) is 1. The van der Waals surface area contributed by atoms with Gasteiger partial charge >= 0.3 is 6.09 Å². The molecule has 4 aromatic carbocycles. The highest BCUT2D eigenvalue weighted by atomic mass is 35.5. The van der Waals surface area contributed by atoms with E-state index in [2.05, 4.69) is 69.1 Å². The number of nitrogens with two attached hydrogens (primary N) is 7. The van der Waals surface area contributed by atoms with Crippen molar-refractivity contribution in [3.05, 3.63) is 118 Å². The zero-order valence-electron chi connectivity index (χ0n) is 50.8. The van der Waals surface area contributed by atoms with Crippen molar-refractivity contribution in [2.24, 2.45) is 11.5 Å². The van der Waals surface area contributed by atoms with Crippen molar-refractivity contribution < 1.29 is 19.1 Å². The summed E-state index contributed by atoms with van der Waals surface area (Å²) in [4.78, 5) is 60.7. The predicted molar refractivity (Wildman–Crippen MR) is 363 cm³/mol. The third-order valence-electron chi connectivity index (χ3n) is 14.9. The number of nitrogen functional groups attached to an aromatic ring is 5. The molecule has 7 aromatic rings. The number of carbonyl (C=O) groups is 2. The topological polar surface area (TPSA) is 346 Å². The number of aromatic nitrogens is 6. The number of halogens is 3. The smallest absolute Gasteiger partial charge is 0.408 e. The number of hydrogen-bond donors (Lipinski definition) is 9. The van der Waals surface area contributed by atoms with Crippen LogP contribution in [0.5, 0.6) is 5.75 Å². The van der Waals surface area contributed by atoms with Gasteiger partial charge in [-0.1, -0.05) is 100 Å². The Morgan fingerprint density at radius 3 is 1.33 bits per heavy atom. The van der Waals surface area contributed by atoms with Crippen LogP contribution in [0.1, 0.15) is 90.4 Å². The minimum absolute atomic E-state index is 0.102. The van der Waals surface area contributed by atoms with Gasteiger partial charge in [-0.3, -0.25) is 4.79 Å². The van der Waals surface area contributed by atoms with E-state index in [0.717, 1.165) is 86.1 Å². The Hall–Kier alpha value is -7.10. The Balaban J connectivity index is 0.000000175. The van der Waals surface area contributed by atoms with Crippen LogP contribution in [-0.4, -0.2) is 111 Å². The fourth-order valence-electron chi connectivity index (χ4n) is 9.47. The van der Waals surface area contributed by atoms with Crippen LogP contribution >= 0.6 is 70.1 Å². The third-order valence-corrected chi connectivity index (χ3v) is 19.7. The summed E-state index contributed by atoms with van der Waals surface area (Å²) in [5.41, 5.74) is 43.4. The molecule has 3 saturated heterocycles. The number of para-hydroxylation sites is 1. The van der Waals surface area contributed by atoms with Crippen LogP contribution < -0.4 is 70.2 Å². The summed E-state index contributed by atoms with van der Waals surface area (Å²) in [6.45, 7) is 16.5. The summed E-state index contributed by atoms with van der Waals surface area (Å²) < 4.78 is 10.7. The van der Waals surface area contributed by atoms with Crippen LogP contribution in [0.15, 0.2) is 127 Å². The molecule has 28 heteroatoms. The van der Waals surface area contributed by atoms with Crippen LogP contribution in [0.2, 0.25) is 15.1 Å². The van der Waals surface area contributed by atoms with Crippen molar-refractivity contribution in [2.75, 3.05) is 95.1 Å². The first-order valence-electron chi connectivity index (χ1n) is 28.6. The molecule has 0 atom stereocenters. The monoisotopic (exact) mass is 1330 g/mol. The molecule has 89 heavy (non-hydrogen) atoms. The zero-order chi connectivity index (χ0) is 64.4. The highest BCUT2D eigenvalue weighted by Crippen LogP contribution is 2.42. The van der Waals surface area contributed by atoms with E-state index in [9.17, 15) is 9.59 Å². The molecule has 10 rings (SSSR count). The molecule has 0 radical (unpaired) electrons. The Morgan fingerprint density at radius 2 is 0.933 bits per heavy atom. The van der Waals surface area contributed by atoms with Crippen LogP contribution in [0.4, 0.5) is 56.8 Å². The van der Waals surface area contributed by atoms with Crippen molar-refractivity contribution in [1.29, 1.82) is 0 Å². The molecular weight excluding hydrogens is 1250 g/mol. The van der Waals surface area contributed by atoms with Gasteiger partial charge in [0, 0.05) is 70.6 Å². The number of amides is 2. The van der Waals surface area contributed by atoms with Crippen molar-refractivity contribution >= 4 is 134 Å². The fraction of sp³-hybridized carbons (Fsp3) is 0.377. The SMILES string of the molecule is CC1(N)CCN(c2cnc(Sc3cccc(N)c3Cl)c(N)n2)CC1.CC1(NC(=O)OC(C)(C)C)CCN(c2cnc(Sc3cccc(N)c3Cl)c(N)n2)CC1.COc1ccccc1C(=O)Nc1cccc(Sc2ncc(N3CCC(C)(N)CC3)nc2N)c1Cl. The van der Waals surface area contributed by atoms with Crippen molar-refractivity contribution in [1.82, 2.24) is 35.2 Å². The maximum absolute atomic E-state index is 12.8. The molecule has 3 aliphatic rings. The summed E-state index contributed by atoms with van der Waals surface area (Å²) in [6.07, 6.45) is 9.90. The van der Waals surface area contributed by atoms with Crippen LogP contribution in [-0.2, 0) is 4.74 Å². The maximum atomic E-state index is 12.8. The van der Waals surface area contributed by atoms with Gasteiger partial charge in [0.05, 0.1) is 63.4 Å². The van der Waals surface area contributed by atoms with E-state index in [1.807, 2.05) is 64.1 Å². The number of rotatable bonds is 13. The first kappa shape index (κ1) is 67.8. The number of hydrogen-bond acceptors (Lipinski definition) is 23. The zero-order valence-corrected chi connectivity index (χ0v) is 55.5. The van der Waals surface area contributed by atoms with E-state index >= 15 is 0 Å². The van der Waals surface area contributed by atoms with E-state index in [1.165, 1.54) is 42.4 Å². The number of ether oxygens (including phenoxy) is 2. The normalized spacial score (nSPS) is 16.0. The molecule has 6 heterocycles.